The van der Waals surface area contributed by atoms with E-state index in [0.29, 0.717) is 0 Å². The summed E-state index contributed by atoms with van der Waals surface area (Å²) in [6.07, 6.45) is 0. The van der Waals surface area contributed by atoms with Crippen LogP contribution in [0.4, 0.5) is 5.69 Å². The van der Waals surface area contributed by atoms with Gasteiger partial charge in [0, 0.05) is 12.1 Å². The number of hydrogen-bond donors (Lipinski definition) is 0. The summed E-state index contributed by atoms with van der Waals surface area (Å²) < 4.78 is 4.30. The lowest BCUT2D eigenvalue weighted by Gasteiger charge is -2.04. The molecule has 1 aromatic carbocycles. The van der Waals surface area contributed by atoms with E-state index in [1.807, 2.05) is 0 Å². The zero-order valence-electron chi connectivity index (χ0n) is 7.91. The quantitative estimate of drug-likeness (QED) is 0.387. The molecule has 0 spiro atoms. The molecule has 0 aliphatic heterocycles. The standard InChI is InChI=1S/C9H7NO6/c11-8(12)5-16-9(13)6-2-1-3-7(4-6)10(14)15/h1-4H,5H2,(H,11,12)/p-1. The largest absolute Gasteiger partial charge is 0.546 e. The fourth-order valence-corrected chi connectivity index (χ4v) is 0.954. The second-order valence-corrected chi connectivity index (χ2v) is 2.76. The Kier molecular flexibility index (Phi) is 3.54. The Bertz CT molecular complexity index is 441. The SMILES string of the molecule is O=C([O-])COC(=O)c1cccc([N+](=O)[O-])c1. The summed E-state index contributed by atoms with van der Waals surface area (Å²) in [5.41, 5.74) is -0.363. The van der Waals surface area contributed by atoms with Crippen molar-refractivity contribution in [2.75, 3.05) is 6.61 Å². The van der Waals surface area contributed by atoms with Crippen LogP contribution in [0.2, 0.25) is 0 Å². The van der Waals surface area contributed by atoms with Crippen molar-refractivity contribution in [2.45, 2.75) is 0 Å². The van der Waals surface area contributed by atoms with E-state index in [2.05, 4.69) is 4.74 Å². The summed E-state index contributed by atoms with van der Waals surface area (Å²) in [5.74, 6) is -2.49. The molecule has 84 valence electrons. The van der Waals surface area contributed by atoms with Crippen LogP contribution in [0.5, 0.6) is 0 Å². The summed E-state index contributed by atoms with van der Waals surface area (Å²) in [6.45, 7) is -0.887. The highest BCUT2D eigenvalue weighted by molar-refractivity contribution is 5.91. The Labute approximate surface area is 89.4 Å². The third kappa shape index (κ3) is 3.05. The van der Waals surface area contributed by atoms with E-state index in [1.54, 1.807) is 0 Å². The lowest BCUT2D eigenvalue weighted by molar-refractivity contribution is -0.384. The van der Waals surface area contributed by atoms with E-state index in [0.717, 1.165) is 6.07 Å². The Balaban J connectivity index is 2.79. The molecule has 0 bridgehead atoms. The van der Waals surface area contributed by atoms with E-state index in [9.17, 15) is 24.8 Å². The van der Waals surface area contributed by atoms with Crippen LogP contribution < -0.4 is 5.11 Å². The number of esters is 1. The minimum Gasteiger partial charge on any atom is -0.546 e. The Morgan fingerprint density at radius 2 is 2.06 bits per heavy atom. The van der Waals surface area contributed by atoms with Crippen molar-refractivity contribution in [1.82, 2.24) is 0 Å². The molecule has 0 N–H and O–H groups in total. The highest BCUT2D eigenvalue weighted by Gasteiger charge is 2.12. The van der Waals surface area contributed by atoms with E-state index in [1.165, 1.54) is 18.2 Å². The number of rotatable bonds is 4. The minimum atomic E-state index is -1.54. The van der Waals surface area contributed by atoms with Crippen LogP contribution >= 0.6 is 0 Å². The average molecular weight is 224 g/mol. The highest BCUT2D eigenvalue weighted by atomic mass is 16.6. The minimum absolute atomic E-state index is 0.0875. The summed E-state index contributed by atoms with van der Waals surface area (Å²) in [7, 11) is 0. The van der Waals surface area contributed by atoms with Gasteiger partial charge in [-0.05, 0) is 6.07 Å². The molecule has 0 heterocycles. The monoisotopic (exact) mass is 224 g/mol. The van der Waals surface area contributed by atoms with Crippen LogP contribution in [0.15, 0.2) is 24.3 Å². The molecule has 0 unspecified atom stereocenters. The van der Waals surface area contributed by atoms with Gasteiger partial charge in [-0.2, -0.15) is 0 Å². The van der Waals surface area contributed by atoms with Gasteiger partial charge in [-0.15, -0.1) is 0 Å². The van der Waals surface area contributed by atoms with Gasteiger partial charge < -0.3 is 14.6 Å². The average Bonchev–Trinajstić information content (AvgIpc) is 2.26. The second-order valence-electron chi connectivity index (χ2n) is 2.76. The van der Waals surface area contributed by atoms with Gasteiger partial charge in [0.25, 0.3) is 5.69 Å². The molecule has 0 saturated heterocycles. The zero-order valence-corrected chi connectivity index (χ0v) is 7.91. The van der Waals surface area contributed by atoms with Crippen molar-refractivity contribution in [3.8, 4) is 0 Å². The number of ether oxygens (including phenoxy) is 1. The number of carboxylic acid groups (broad SMARTS) is 1. The second kappa shape index (κ2) is 4.87. The molecule has 0 atom stereocenters. The highest BCUT2D eigenvalue weighted by Crippen LogP contribution is 2.13. The number of carbonyl (C=O) groups excluding carboxylic acids is 2. The predicted octanol–water partition coefficient (Wildman–Crippen LogP) is -0.499. The number of carboxylic acids is 1. The van der Waals surface area contributed by atoms with Crippen molar-refractivity contribution < 1.29 is 24.4 Å². The molecule has 0 saturated carbocycles. The molecule has 1 rings (SSSR count). The summed E-state index contributed by atoms with van der Waals surface area (Å²) >= 11 is 0. The van der Waals surface area contributed by atoms with E-state index in [-0.39, 0.29) is 11.3 Å². The first kappa shape index (κ1) is 11.6. The molecule has 16 heavy (non-hydrogen) atoms. The number of nitro groups is 1. The third-order valence-corrected chi connectivity index (χ3v) is 1.61. The van der Waals surface area contributed by atoms with Crippen molar-refractivity contribution in [3.63, 3.8) is 0 Å². The number of aliphatic carboxylic acids is 1. The van der Waals surface area contributed by atoms with Crippen LogP contribution in [-0.2, 0) is 9.53 Å². The molecule has 7 nitrogen and oxygen atoms in total. The molecule has 0 fully saturated rings. The lowest BCUT2D eigenvalue weighted by atomic mass is 10.2. The Hall–Kier alpha value is -2.44. The first-order chi connectivity index (χ1) is 7.50. The molecule has 1 aromatic rings. The van der Waals surface area contributed by atoms with Crippen molar-refractivity contribution in [2.24, 2.45) is 0 Å². The van der Waals surface area contributed by atoms with Gasteiger partial charge in [-0.25, -0.2) is 4.79 Å². The number of nitrogens with zero attached hydrogens (tertiary/aromatic N) is 1. The van der Waals surface area contributed by atoms with Gasteiger partial charge in [0.05, 0.1) is 16.5 Å². The first-order valence-electron chi connectivity index (χ1n) is 4.12. The van der Waals surface area contributed by atoms with Crippen molar-refractivity contribution >= 4 is 17.6 Å². The van der Waals surface area contributed by atoms with Gasteiger partial charge in [-0.1, -0.05) is 6.07 Å². The maximum absolute atomic E-state index is 11.2. The fraction of sp³-hybridized carbons (Fsp3) is 0.111. The molecule has 7 heteroatoms. The number of non-ortho nitro benzene ring substituents is 1. The summed E-state index contributed by atoms with van der Waals surface area (Å²) in [5, 5.41) is 20.4. The molecular weight excluding hydrogens is 218 g/mol. The number of carbonyl (C=O) groups is 2. The fourth-order valence-electron chi connectivity index (χ4n) is 0.954. The van der Waals surface area contributed by atoms with Crippen LogP contribution in [0.3, 0.4) is 0 Å². The number of hydrogen-bond acceptors (Lipinski definition) is 6. The maximum atomic E-state index is 11.2. The van der Waals surface area contributed by atoms with Crippen LogP contribution in [0, 0.1) is 10.1 Å². The molecule has 0 amide bonds. The summed E-state index contributed by atoms with van der Waals surface area (Å²) in [4.78, 5) is 30.9. The number of nitro benzene ring substituents is 1. The van der Waals surface area contributed by atoms with E-state index in [4.69, 9.17) is 0 Å². The van der Waals surface area contributed by atoms with Gasteiger partial charge >= 0.3 is 5.97 Å². The van der Waals surface area contributed by atoms with Crippen LogP contribution in [-0.4, -0.2) is 23.5 Å². The van der Waals surface area contributed by atoms with Crippen LogP contribution in [0.1, 0.15) is 10.4 Å². The first-order valence-corrected chi connectivity index (χ1v) is 4.12. The lowest BCUT2D eigenvalue weighted by Crippen LogP contribution is -2.28. The Morgan fingerprint density at radius 1 is 1.38 bits per heavy atom. The van der Waals surface area contributed by atoms with E-state index >= 15 is 0 Å². The zero-order chi connectivity index (χ0) is 12.1. The van der Waals surface area contributed by atoms with Crippen LogP contribution in [0.25, 0.3) is 0 Å². The molecular formula is C9H6NO6-. The van der Waals surface area contributed by atoms with Gasteiger partial charge in [-0.3, -0.25) is 10.1 Å². The molecule has 0 aliphatic rings. The van der Waals surface area contributed by atoms with Gasteiger partial charge in [0.1, 0.15) is 6.61 Å². The third-order valence-electron chi connectivity index (χ3n) is 1.61. The topological polar surface area (TPSA) is 110 Å². The molecule has 0 aliphatic carbocycles. The van der Waals surface area contributed by atoms with Crippen molar-refractivity contribution in [3.05, 3.63) is 39.9 Å². The molecule has 0 aromatic heterocycles. The van der Waals surface area contributed by atoms with Gasteiger partial charge in [0.2, 0.25) is 0 Å². The van der Waals surface area contributed by atoms with E-state index < -0.39 is 23.5 Å². The van der Waals surface area contributed by atoms with Gasteiger partial charge in [0.15, 0.2) is 0 Å². The summed E-state index contributed by atoms with van der Waals surface area (Å²) in [6, 6.07) is 4.78. The smallest absolute Gasteiger partial charge is 0.338 e. The molecule has 0 radical (unpaired) electrons. The normalized spacial score (nSPS) is 9.50. The Morgan fingerprint density at radius 3 is 2.62 bits per heavy atom. The number of benzene rings is 1. The predicted molar refractivity (Wildman–Crippen MR) is 48.4 cm³/mol. The van der Waals surface area contributed by atoms with Crippen molar-refractivity contribution in [1.29, 1.82) is 0 Å². The maximum Gasteiger partial charge on any atom is 0.338 e.